The fourth-order valence-corrected chi connectivity index (χ4v) is 2.02. The first-order chi connectivity index (χ1) is 9.02. The third kappa shape index (κ3) is 5.83. The maximum absolute atomic E-state index is 13.6. The quantitative estimate of drug-likeness (QED) is 0.442. The molecular weight excluding hydrogens is 312 g/mol. The van der Waals surface area contributed by atoms with Crippen molar-refractivity contribution in [3.05, 3.63) is 46.0 Å². The lowest BCUT2D eigenvalue weighted by atomic mass is 10.1. The lowest BCUT2D eigenvalue weighted by Gasteiger charge is -2.05. The zero-order chi connectivity index (χ0) is 14.3. The van der Waals surface area contributed by atoms with Crippen LogP contribution in [0.3, 0.4) is 0 Å². The van der Waals surface area contributed by atoms with Crippen LogP contribution in [0.25, 0.3) is 0 Å². The van der Waals surface area contributed by atoms with Crippen LogP contribution in [0.2, 0.25) is 0 Å². The second-order valence-electron chi connectivity index (χ2n) is 4.88. The second-order valence-corrected chi connectivity index (χ2v) is 5.74. The third-order valence-electron chi connectivity index (χ3n) is 2.67. The Morgan fingerprint density at radius 2 is 2.00 bits per heavy atom. The molecule has 0 saturated carbocycles. The van der Waals surface area contributed by atoms with Crippen LogP contribution in [0.5, 0.6) is 0 Å². The maximum atomic E-state index is 13.6. The molecule has 0 spiro atoms. The fraction of sp³-hybridized carbons (Fsp3) is 0.467. The van der Waals surface area contributed by atoms with E-state index in [0.29, 0.717) is 10.4 Å². The van der Waals surface area contributed by atoms with E-state index in [1.807, 2.05) is 12.2 Å². The maximum Gasteiger partial charge on any atom is 0.143 e. The molecule has 0 aliphatic carbocycles. The molecule has 1 N–H and O–H groups in total. The van der Waals surface area contributed by atoms with Gasteiger partial charge in [-0.1, -0.05) is 26.0 Å². The summed E-state index contributed by atoms with van der Waals surface area (Å²) < 4.78 is 27.4. The van der Waals surface area contributed by atoms with E-state index in [1.165, 1.54) is 12.1 Å². The van der Waals surface area contributed by atoms with Gasteiger partial charge in [0.1, 0.15) is 11.6 Å². The first-order valence-electron chi connectivity index (χ1n) is 6.50. The van der Waals surface area contributed by atoms with Crippen molar-refractivity contribution in [3.8, 4) is 0 Å². The zero-order valence-corrected chi connectivity index (χ0v) is 12.9. The molecule has 0 aromatic heterocycles. The summed E-state index contributed by atoms with van der Waals surface area (Å²) in [6.07, 6.45) is 4.91. The summed E-state index contributed by atoms with van der Waals surface area (Å²) in [7, 11) is 0. The van der Waals surface area contributed by atoms with Crippen molar-refractivity contribution < 1.29 is 8.78 Å². The van der Waals surface area contributed by atoms with Gasteiger partial charge in [-0.15, -0.1) is 0 Å². The lowest BCUT2D eigenvalue weighted by molar-refractivity contribution is 0.555. The Kier molecular flexibility index (Phi) is 7.24. The van der Waals surface area contributed by atoms with E-state index in [2.05, 4.69) is 35.1 Å². The van der Waals surface area contributed by atoms with Crippen LogP contribution in [0.1, 0.15) is 25.8 Å². The fourth-order valence-electron chi connectivity index (χ4n) is 1.65. The topological polar surface area (TPSA) is 12.0 Å². The molecule has 0 aliphatic heterocycles. The predicted octanol–water partition coefficient (Wildman–Crippen LogP) is 4.46. The highest BCUT2D eigenvalue weighted by Crippen LogP contribution is 2.22. The van der Waals surface area contributed by atoms with E-state index in [4.69, 9.17) is 0 Å². The van der Waals surface area contributed by atoms with Crippen LogP contribution in [0.4, 0.5) is 8.78 Å². The van der Waals surface area contributed by atoms with Crippen LogP contribution >= 0.6 is 15.9 Å². The van der Waals surface area contributed by atoms with E-state index in [-0.39, 0.29) is 12.0 Å². The molecule has 0 bridgehead atoms. The molecule has 0 saturated heterocycles. The first-order valence-corrected chi connectivity index (χ1v) is 7.29. The van der Waals surface area contributed by atoms with Crippen LogP contribution < -0.4 is 5.32 Å². The van der Waals surface area contributed by atoms with Gasteiger partial charge >= 0.3 is 0 Å². The van der Waals surface area contributed by atoms with Gasteiger partial charge < -0.3 is 5.32 Å². The van der Waals surface area contributed by atoms with Crippen molar-refractivity contribution in [2.75, 3.05) is 13.1 Å². The number of halogens is 3. The minimum absolute atomic E-state index is 0.112. The largest absolute Gasteiger partial charge is 0.316 e. The van der Waals surface area contributed by atoms with Gasteiger partial charge in [0.05, 0.1) is 4.47 Å². The Bertz CT molecular complexity index is 430. The lowest BCUT2D eigenvalue weighted by Crippen LogP contribution is -2.20. The normalized spacial score (nSPS) is 11.7. The summed E-state index contributed by atoms with van der Waals surface area (Å²) in [5.41, 5.74) is 0.112. The molecule has 0 amide bonds. The smallest absolute Gasteiger partial charge is 0.143 e. The number of hydrogen-bond acceptors (Lipinski definition) is 1. The average Bonchev–Trinajstić information content (AvgIpc) is 2.36. The Hall–Kier alpha value is -0.740. The van der Waals surface area contributed by atoms with Crippen molar-refractivity contribution in [1.29, 1.82) is 0 Å². The molecule has 4 heteroatoms. The minimum Gasteiger partial charge on any atom is -0.316 e. The highest BCUT2D eigenvalue weighted by molar-refractivity contribution is 9.10. The number of hydrogen-bond donors (Lipinski definition) is 1. The second kappa shape index (κ2) is 8.43. The molecule has 0 heterocycles. The van der Waals surface area contributed by atoms with E-state index in [9.17, 15) is 8.78 Å². The molecule has 0 unspecified atom stereocenters. The molecule has 0 radical (unpaired) electrons. The highest BCUT2D eigenvalue weighted by Gasteiger charge is 2.10. The van der Waals surface area contributed by atoms with Gasteiger partial charge in [-0.3, -0.25) is 0 Å². The number of nitrogens with one attached hydrogen (secondary N) is 1. The Morgan fingerprint density at radius 1 is 1.26 bits per heavy atom. The van der Waals surface area contributed by atoms with Gasteiger partial charge in [-0.05, 0) is 59.9 Å². The third-order valence-corrected chi connectivity index (χ3v) is 3.28. The van der Waals surface area contributed by atoms with Crippen molar-refractivity contribution >= 4 is 15.9 Å². The molecule has 1 aromatic rings. The summed E-state index contributed by atoms with van der Waals surface area (Å²) in [5.74, 6) is -0.375. The first kappa shape index (κ1) is 16.3. The van der Waals surface area contributed by atoms with Crippen molar-refractivity contribution in [2.45, 2.75) is 26.7 Å². The van der Waals surface area contributed by atoms with Crippen molar-refractivity contribution in [1.82, 2.24) is 5.32 Å². The van der Waals surface area contributed by atoms with Crippen molar-refractivity contribution in [3.63, 3.8) is 0 Å². The molecule has 106 valence electrons. The predicted molar refractivity (Wildman–Crippen MR) is 79.2 cm³/mol. The summed E-state index contributed by atoms with van der Waals surface area (Å²) in [5, 5.41) is 3.31. The summed E-state index contributed by atoms with van der Waals surface area (Å²) in [4.78, 5) is 0. The summed E-state index contributed by atoms with van der Waals surface area (Å²) >= 11 is 3.06. The number of allylic oxidation sites excluding steroid dienone is 1. The van der Waals surface area contributed by atoms with Gasteiger partial charge in [0.25, 0.3) is 0 Å². The summed E-state index contributed by atoms with van der Waals surface area (Å²) in [6.45, 7) is 6.18. The molecule has 0 aliphatic rings. The SMILES string of the molecule is CC(C)CNCC/C=C/Cc1c(F)ccc(Br)c1F. The van der Waals surface area contributed by atoms with Crippen LogP contribution in [-0.4, -0.2) is 13.1 Å². The summed E-state index contributed by atoms with van der Waals surface area (Å²) in [6, 6.07) is 2.66. The number of benzene rings is 1. The highest BCUT2D eigenvalue weighted by atomic mass is 79.9. The Labute approximate surface area is 122 Å². The van der Waals surface area contributed by atoms with Gasteiger partial charge in [0.15, 0.2) is 0 Å². The van der Waals surface area contributed by atoms with E-state index >= 15 is 0 Å². The molecular formula is C15H20BrF2N. The van der Waals surface area contributed by atoms with Gasteiger partial charge in [-0.25, -0.2) is 8.78 Å². The zero-order valence-electron chi connectivity index (χ0n) is 11.3. The van der Waals surface area contributed by atoms with Gasteiger partial charge in [-0.2, -0.15) is 0 Å². The molecule has 0 atom stereocenters. The average molecular weight is 332 g/mol. The molecule has 1 aromatic carbocycles. The monoisotopic (exact) mass is 331 g/mol. The Balaban J connectivity index is 2.38. The molecule has 1 rings (SSSR count). The number of rotatable bonds is 7. The van der Waals surface area contributed by atoms with Gasteiger partial charge in [0, 0.05) is 5.56 Å². The van der Waals surface area contributed by atoms with Crippen LogP contribution in [0, 0.1) is 17.6 Å². The molecule has 1 nitrogen and oxygen atoms in total. The molecule has 0 fully saturated rings. The molecule has 19 heavy (non-hydrogen) atoms. The van der Waals surface area contributed by atoms with Crippen LogP contribution in [-0.2, 0) is 6.42 Å². The van der Waals surface area contributed by atoms with Gasteiger partial charge in [0.2, 0.25) is 0 Å². The van der Waals surface area contributed by atoms with E-state index in [0.717, 1.165) is 19.5 Å². The standard InChI is InChI=1S/C15H20BrF2N/c1-11(2)10-19-9-5-3-4-6-12-14(17)8-7-13(16)15(12)18/h3-4,7-8,11,19H,5-6,9-10H2,1-2H3/b4-3+. The van der Waals surface area contributed by atoms with E-state index in [1.54, 1.807) is 0 Å². The Morgan fingerprint density at radius 3 is 2.68 bits per heavy atom. The van der Waals surface area contributed by atoms with E-state index < -0.39 is 11.6 Å². The van der Waals surface area contributed by atoms with Crippen molar-refractivity contribution in [2.24, 2.45) is 5.92 Å². The van der Waals surface area contributed by atoms with Crippen LogP contribution in [0.15, 0.2) is 28.8 Å². The minimum atomic E-state index is -0.511.